The zero-order chi connectivity index (χ0) is 19.5. The molecule has 2 aromatic heterocycles. The molecule has 1 aromatic carbocycles. The molecule has 0 bridgehead atoms. The molecule has 1 atom stereocenters. The van der Waals surface area contributed by atoms with Crippen molar-refractivity contribution in [3.63, 3.8) is 0 Å². The molecule has 2 heterocycles. The van der Waals surface area contributed by atoms with Gasteiger partial charge in [-0.3, -0.25) is 0 Å². The summed E-state index contributed by atoms with van der Waals surface area (Å²) in [5.41, 5.74) is 9.21. The summed E-state index contributed by atoms with van der Waals surface area (Å²) in [5, 5.41) is 1.50. The van der Waals surface area contributed by atoms with E-state index in [1.807, 2.05) is 11.3 Å². The van der Waals surface area contributed by atoms with Gasteiger partial charge in [0.2, 0.25) is 0 Å². The minimum absolute atomic E-state index is 0.397. The zero-order valence-corrected chi connectivity index (χ0v) is 18.5. The SMILES string of the molecule is CCC(C)(C)C1CCc2nc3sc4c(c3c(-c3ccc(C)cc3)c2C1)CCC4. The van der Waals surface area contributed by atoms with Crippen molar-refractivity contribution in [3.05, 3.63) is 51.5 Å². The second-order valence-corrected chi connectivity index (χ2v) is 10.7. The predicted octanol–water partition coefficient (Wildman–Crippen LogP) is 7.30. The van der Waals surface area contributed by atoms with Crippen molar-refractivity contribution in [2.75, 3.05) is 0 Å². The second-order valence-electron chi connectivity index (χ2n) is 9.60. The molecule has 0 spiro atoms. The molecule has 0 fully saturated rings. The lowest BCUT2D eigenvalue weighted by Crippen LogP contribution is -2.29. The van der Waals surface area contributed by atoms with E-state index in [0.29, 0.717) is 5.41 Å². The molecule has 2 aliphatic carbocycles. The maximum atomic E-state index is 5.24. The van der Waals surface area contributed by atoms with Crippen LogP contribution in [0, 0.1) is 18.3 Å². The lowest BCUT2D eigenvalue weighted by molar-refractivity contribution is 0.182. The number of thiophene rings is 1. The van der Waals surface area contributed by atoms with Crippen LogP contribution in [-0.4, -0.2) is 4.98 Å². The molecule has 0 saturated heterocycles. The summed E-state index contributed by atoms with van der Waals surface area (Å²) in [6.07, 6.45) is 8.65. The first-order valence-electron chi connectivity index (χ1n) is 11.0. The Labute approximate surface area is 173 Å². The third-order valence-corrected chi connectivity index (χ3v) is 8.76. The molecule has 0 amide bonds. The van der Waals surface area contributed by atoms with Crippen LogP contribution in [0.2, 0.25) is 0 Å². The van der Waals surface area contributed by atoms with Crippen LogP contribution in [0.3, 0.4) is 0 Å². The number of nitrogens with zero attached hydrogens (tertiary/aromatic N) is 1. The highest BCUT2D eigenvalue weighted by atomic mass is 32.1. The number of aryl methyl sites for hydroxylation is 4. The maximum absolute atomic E-state index is 5.24. The average molecular weight is 390 g/mol. The topological polar surface area (TPSA) is 12.9 Å². The van der Waals surface area contributed by atoms with Gasteiger partial charge in [0.25, 0.3) is 0 Å². The van der Waals surface area contributed by atoms with Crippen LogP contribution in [-0.2, 0) is 25.7 Å². The highest BCUT2D eigenvalue weighted by Crippen LogP contribution is 2.48. The van der Waals surface area contributed by atoms with Crippen molar-refractivity contribution in [2.45, 2.75) is 72.6 Å². The molecule has 2 aliphatic rings. The van der Waals surface area contributed by atoms with E-state index >= 15 is 0 Å². The van der Waals surface area contributed by atoms with Crippen molar-refractivity contribution in [1.29, 1.82) is 0 Å². The second kappa shape index (κ2) is 6.69. The fourth-order valence-corrected chi connectivity index (χ4v) is 6.58. The third kappa shape index (κ3) is 2.84. The van der Waals surface area contributed by atoms with Crippen LogP contribution in [0.1, 0.15) is 67.3 Å². The van der Waals surface area contributed by atoms with Gasteiger partial charge in [-0.25, -0.2) is 4.98 Å². The van der Waals surface area contributed by atoms with E-state index in [1.165, 1.54) is 71.1 Å². The zero-order valence-electron chi connectivity index (χ0n) is 17.7. The first-order valence-corrected chi connectivity index (χ1v) is 11.8. The van der Waals surface area contributed by atoms with Gasteiger partial charge in [-0.2, -0.15) is 0 Å². The van der Waals surface area contributed by atoms with Crippen molar-refractivity contribution < 1.29 is 0 Å². The van der Waals surface area contributed by atoms with Crippen LogP contribution >= 0.6 is 11.3 Å². The molecule has 0 aliphatic heterocycles. The molecule has 1 nitrogen and oxygen atoms in total. The van der Waals surface area contributed by atoms with Gasteiger partial charge in [0.15, 0.2) is 0 Å². The molecule has 2 heteroatoms. The Balaban J connectivity index is 1.76. The Kier molecular flexibility index (Phi) is 4.39. The van der Waals surface area contributed by atoms with Gasteiger partial charge < -0.3 is 0 Å². The van der Waals surface area contributed by atoms with Crippen LogP contribution in [0.25, 0.3) is 21.3 Å². The minimum Gasteiger partial charge on any atom is -0.242 e. The summed E-state index contributed by atoms with van der Waals surface area (Å²) in [6, 6.07) is 9.24. The Bertz CT molecular complexity index is 1040. The molecule has 5 rings (SSSR count). The van der Waals surface area contributed by atoms with Gasteiger partial charge in [-0.05, 0) is 79.0 Å². The largest absolute Gasteiger partial charge is 0.242 e. The summed E-state index contributed by atoms with van der Waals surface area (Å²) in [7, 11) is 0. The van der Waals surface area contributed by atoms with Gasteiger partial charge in [0.05, 0.1) is 0 Å². The first-order chi connectivity index (χ1) is 13.5. The summed E-state index contributed by atoms with van der Waals surface area (Å²) < 4.78 is 0. The van der Waals surface area contributed by atoms with Gasteiger partial charge in [0.1, 0.15) is 4.83 Å². The standard InChI is InChI=1S/C26H31NS/c1-5-26(3,4)18-13-14-21-20(15-18)23(17-11-9-16(2)10-12-17)24-19-7-6-8-22(19)28-25(24)27-21/h9-12,18H,5-8,13-15H2,1-4H3. The summed E-state index contributed by atoms with van der Waals surface area (Å²) in [6.45, 7) is 9.46. The van der Waals surface area contributed by atoms with E-state index in [0.717, 1.165) is 12.3 Å². The van der Waals surface area contributed by atoms with Gasteiger partial charge in [-0.1, -0.05) is 57.0 Å². The summed E-state index contributed by atoms with van der Waals surface area (Å²) in [4.78, 5) is 8.14. The number of rotatable bonds is 3. The fourth-order valence-electron chi connectivity index (χ4n) is 5.29. The predicted molar refractivity (Wildman–Crippen MR) is 121 cm³/mol. The maximum Gasteiger partial charge on any atom is 0.124 e. The van der Waals surface area contributed by atoms with Crippen molar-refractivity contribution in [3.8, 4) is 11.1 Å². The van der Waals surface area contributed by atoms with Gasteiger partial charge in [-0.15, -0.1) is 11.3 Å². The number of pyridine rings is 1. The molecular formula is C26H31NS. The fraction of sp³-hybridized carbons (Fsp3) is 0.500. The molecule has 28 heavy (non-hydrogen) atoms. The van der Waals surface area contributed by atoms with E-state index in [-0.39, 0.29) is 0 Å². The molecular weight excluding hydrogens is 358 g/mol. The number of hydrogen-bond donors (Lipinski definition) is 0. The Hall–Kier alpha value is -1.67. The smallest absolute Gasteiger partial charge is 0.124 e. The highest BCUT2D eigenvalue weighted by molar-refractivity contribution is 7.19. The van der Waals surface area contributed by atoms with E-state index in [9.17, 15) is 0 Å². The monoisotopic (exact) mass is 389 g/mol. The summed E-state index contributed by atoms with van der Waals surface area (Å²) >= 11 is 1.97. The molecule has 0 saturated carbocycles. The number of aromatic nitrogens is 1. The highest BCUT2D eigenvalue weighted by Gasteiger charge is 2.34. The molecule has 146 valence electrons. The van der Waals surface area contributed by atoms with Crippen LogP contribution in [0.5, 0.6) is 0 Å². The molecule has 1 unspecified atom stereocenters. The molecule has 0 radical (unpaired) electrons. The Morgan fingerprint density at radius 1 is 1.07 bits per heavy atom. The van der Waals surface area contributed by atoms with E-state index in [1.54, 1.807) is 16.0 Å². The Morgan fingerprint density at radius 2 is 1.86 bits per heavy atom. The lowest BCUT2D eigenvalue weighted by Gasteiger charge is -2.37. The Morgan fingerprint density at radius 3 is 2.61 bits per heavy atom. The van der Waals surface area contributed by atoms with Crippen LogP contribution in [0.4, 0.5) is 0 Å². The number of fused-ring (bicyclic) bond motifs is 4. The summed E-state index contributed by atoms with van der Waals surface area (Å²) in [5.74, 6) is 0.750. The van der Waals surface area contributed by atoms with E-state index in [2.05, 4.69) is 52.0 Å². The third-order valence-electron chi connectivity index (χ3n) is 7.58. The van der Waals surface area contributed by atoms with Crippen molar-refractivity contribution >= 4 is 21.6 Å². The van der Waals surface area contributed by atoms with Crippen molar-refractivity contribution in [2.24, 2.45) is 11.3 Å². The van der Waals surface area contributed by atoms with Gasteiger partial charge in [0, 0.05) is 16.0 Å². The molecule has 0 N–H and O–H groups in total. The quantitative estimate of drug-likeness (QED) is 0.458. The van der Waals surface area contributed by atoms with Gasteiger partial charge >= 0.3 is 0 Å². The van der Waals surface area contributed by atoms with E-state index < -0.39 is 0 Å². The molecule has 3 aromatic rings. The normalized spacial score (nSPS) is 19.1. The lowest BCUT2D eigenvalue weighted by atomic mass is 9.68. The number of benzene rings is 1. The average Bonchev–Trinajstić information content (AvgIpc) is 3.27. The van der Waals surface area contributed by atoms with E-state index in [4.69, 9.17) is 4.98 Å². The van der Waals surface area contributed by atoms with Crippen LogP contribution in [0.15, 0.2) is 24.3 Å². The van der Waals surface area contributed by atoms with Crippen molar-refractivity contribution in [1.82, 2.24) is 4.98 Å². The minimum atomic E-state index is 0.397. The first kappa shape index (κ1) is 18.4. The van der Waals surface area contributed by atoms with Crippen LogP contribution < -0.4 is 0 Å². The number of hydrogen-bond acceptors (Lipinski definition) is 2.